The second kappa shape index (κ2) is 9.22. The summed E-state index contributed by atoms with van der Waals surface area (Å²) in [7, 11) is 1.42. The van der Waals surface area contributed by atoms with Gasteiger partial charge >= 0.3 is 5.97 Å². The number of unbranched alkanes of at least 4 members (excludes halogenated alkanes) is 1. The van der Waals surface area contributed by atoms with Gasteiger partial charge < -0.3 is 10.1 Å². The van der Waals surface area contributed by atoms with Gasteiger partial charge in [0.1, 0.15) is 5.65 Å². The summed E-state index contributed by atoms with van der Waals surface area (Å²) >= 11 is 6.21. The van der Waals surface area contributed by atoms with E-state index in [1.54, 1.807) is 22.9 Å². The molecule has 4 rings (SSSR count). The number of anilines is 1. The minimum Gasteiger partial charge on any atom is -0.469 e. The molecule has 1 saturated carbocycles. The van der Waals surface area contributed by atoms with Crippen molar-refractivity contribution < 1.29 is 9.53 Å². The fraction of sp³-hybridized carbons (Fsp3) is 0.478. The van der Waals surface area contributed by atoms with Gasteiger partial charge in [0.05, 0.1) is 13.0 Å². The molecule has 0 bridgehead atoms. The molecule has 0 atom stereocenters. The largest absolute Gasteiger partial charge is 0.469 e. The zero-order valence-electron chi connectivity index (χ0n) is 17.9. The lowest BCUT2D eigenvalue weighted by Crippen LogP contribution is -2.31. The fourth-order valence-corrected chi connectivity index (χ4v) is 4.61. The molecular formula is C23H27ClN4O3. The monoisotopic (exact) mass is 442 g/mol. The summed E-state index contributed by atoms with van der Waals surface area (Å²) in [6.45, 7) is 2.90. The molecule has 0 saturated heterocycles. The van der Waals surface area contributed by atoms with Crippen molar-refractivity contribution in [3.63, 3.8) is 0 Å². The smallest absolute Gasteiger partial charge is 0.308 e. The maximum atomic E-state index is 13.6. The molecule has 8 heteroatoms. The molecule has 3 aromatic rings. The molecule has 1 N–H and O–H groups in total. The van der Waals surface area contributed by atoms with Crippen molar-refractivity contribution in [2.75, 3.05) is 19.0 Å². The van der Waals surface area contributed by atoms with Crippen molar-refractivity contribution in [1.29, 1.82) is 0 Å². The van der Waals surface area contributed by atoms with Crippen molar-refractivity contribution in [2.45, 2.75) is 51.5 Å². The number of rotatable bonds is 6. The van der Waals surface area contributed by atoms with E-state index in [1.165, 1.54) is 7.11 Å². The molecule has 0 radical (unpaired) electrons. The first-order valence-corrected chi connectivity index (χ1v) is 11.2. The van der Waals surface area contributed by atoms with E-state index < -0.39 is 0 Å². The summed E-state index contributed by atoms with van der Waals surface area (Å²) in [5.74, 6) is 0.232. The van der Waals surface area contributed by atoms with Crippen LogP contribution in [0.25, 0.3) is 21.8 Å². The third-order valence-corrected chi connectivity index (χ3v) is 6.36. The number of halogens is 1. The number of esters is 1. The average molecular weight is 443 g/mol. The third kappa shape index (κ3) is 4.24. The number of aromatic nitrogens is 3. The molecule has 2 heterocycles. The standard InChI is InChI=1S/C23H27ClN4O3/c1-3-4-11-25-23-26-13-19-17-10-7-15(24)12-18(17)21(29)28(20(19)27-23)16-8-5-14(6-9-16)22(30)31-2/h7,10,12-14,16H,3-6,8-9,11H2,1-2H3,(H,25,26,27). The lowest BCUT2D eigenvalue weighted by Gasteiger charge is -2.29. The normalized spacial score (nSPS) is 18.9. The predicted octanol–water partition coefficient (Wildman–Crippen LogP) is 4.71. The molecular weight excluding hydrogens is 416 g/mol. The second-order valence-electron chi connectivity index (χ2n) is 8.10. The summed E-state index contributed by atoms with van der Waals surface area (Å²) in [6.07, 6.45) is 6.66. The lowest BCUT2D eigenvalue weighted by molar-refractivity contribution is -0.146. The molecule has 2 aromatic heterocycles. The Morgan fingerprint density at radius 1 is 1.23 bits per heavy atom. The van der Waals surface area contributed by atoms with Crippen LogP contribution < -0.4 is 10.9 Å². The molecule has 0 spiro atoms. The fourth-order valence-electron chi connectivity index (χ4n) is 4.44. The summed E-state index contributed by atoms with van der Waals surface area (Å²) in [4.78, 5) is 34.7. The first-order valence-electron chi connectivity index (χ1n) is 10.9. The Hall–Kier alpha value is -2.67. The van der Waals surface area contributed by atoms with E-state index in [9.17, 15) is 9.59 Å². The van der Waals surface area contributed by atoms with Gasteiger partial charge in [-0.3, -0.25) is 14.2 Å². The highest BCUT2D eigenvalue weighted by molar-refractivity contribution is 6.31. The Morgan fingerprint density at radius 3 is 2.71 bits per heavy atom. The first-order chi connectivity index (χ1) is 15.0. The van der Waals surface area contributed by atoms with E-state index in [1.807, 2.05) is 6.07 Å². The van der Waals surface area contributed by atoms with Crippen molar-refractivity contribution in [3.05, 3.63) is 39.8 Å². The predicted molar refractivity (Wildman–Crippen MR) is 123 cm³/mol. The van der Waals surface area contributed by atoms with E-state index in [4.69, 9.17) is 21.3 Å². The Labute approximate surface area is 185 Å². The van der Waals surface area contributed by atoms with Gasteiger partial charge in [0.25, 0.3) is 5.56 Å². The summed E-state index contributed by atoms with van der Waals surface area (Å²) in [5.41, 5.74) is 0.514. The van der Waals surface area contributed by atoms with Crippen molar-refractivity contribution >= 4 is 45.3 Å². The molecule has 1 aromatic carbocycles. The Kier molecular flexibility index (Phi) is 6.41. The summed E-state index contributed by atoms with van der Waals surface area (Å²) < 4.78 is 6.69. The number of hydrogen-bond donors (Lipinski definition) is 1. The first kappa shape index (κ1) is 21.6. The Morgan fingerprint density at radius 2 is 2.00 bits per heavy atom. The van der Waals surface area contributed by atoms with Gasteiger partial charge in [0.2, 0.25) is 5.95 Å². The average Bonchev–Trinajstić information content (AvgIpc) is 2.79. The van der Waals surface area contributed by atoms with Gasteiger partial charge in [0, 0.05) is 34.6 Å². The van der Waals surface area contributed by atoms with Crippen LogP contribution in [0, 0.1) is 5.92 Å². The van der Waals surface area contributed by atoms with Gasteiger partial charge in [0.15, 0.2) is 0 Å². The van der Waals surface area contributed by atoms with Crippen LogP contribution in [0.3, 0.4) is 0 Å². The van der Waals surface area contributed by atoms with E-state index in [0.717, 1.165) is 30.2 Å². The quantitative estimate of drug-likeness (QED) is 0.338. The topological polar surface area (TPSA) is 86.1 Å². The number of nitrogens with one attached hydrogen (secondary N) is 1. The van der Waals surface area contributed by atoms with Gasteiger partial charge in [-0.1, -0.05) is 31.0 Å². The number of carbonyl (C=O) groups is 1. The molecule has 1 aliphatic rings. The summed E-state index contributed by atoms with van der Waals surface area (Å²) in [5, 5.41) is 5.95. The maximum absolute atomic E-state index is 13.6. The van der Waals surface area contributed by atoms with Crippen molar-refractivity contribution in [2.24, 2.45) is 5.92 Å². The molecule has 0 unspecified atom stereocenters. The van der Waals surface area contributed by atoms with Gasteiger partial charge in [-0.05, 0) is 49.6 Å². The van der Waals surface area contributed by atoms with Crippen LogP contribution in [-0.4, -0.2) is 34.2 Å². The molecule has 164 valence electrons. The van der Waals surface area contributed by atoms with E-state index >= 15 is 0 Å². The minimum atomic E-state index is -0.175. The van der Waals surface area contributed by atoms with Crippen LogP contribution in [0.4, 0.5) is 5.95 Å². The zero-order chi connectivity index (χ0) is 22.0. The molecule has 31 heavy (non-hydrogen) atoms. The van der Waals surface area contributed by atoms with Crippen LogP contribution in [0.1, 0.15) is 51.5 Å². The third-order valence-electron chi connectivity index (χ3n) is 6.13. The molecule has 0 amide bonds. The number of methoxy groups -OCH3 is 1. The zero-order valence-corrected chi connectivity index (χ0v) is 18.6. The number of fused-ring (bicyclic) bond motifs is 3. The highest BCUT2D eigenvalue weighted by Gasteiger charge is 2.30. The molecule has 1 fully saturated rings. The van der Waals surface area contributed by atoms with Crippen LogP contribution in [0.5, 0.6) is 0 Å². The van der Waals surface area contributed by atoms with E-state index in [-0.39, 0.29) is 23.5 Å². The Bertz CT molecular complexity index is 1170. The van der Waals surface area contributed by atoms with E-state index in [2.05, 4.69) is 17.2 Å². The number of pyridine rings is 1. The number of nitrogens with zero attached hydrogens (tertiary/aromatic N) is 3. The van der Waals surface area contributed by atoms with Crippen molar-refractivity contribution in [1.82, 2.24) is 14.5 Å². The molecule has 7 nitrogen and oxygen atoms in total. The van der Waals surface area contributed by atoms with Crippen molar-refractivity contribution in [3.8, 4) is 0 Å². The SMILES string of the molecule is CCCCNc1ncc2c3ccc(Cl)cc3c(=O)n(C3CCC(C(=O)OC)CC3)c2n1. The van der Waals surface area contributed by atoms with Gasteiger partial charge in [-0.15, -0.1) is 0 Å². The van der Waals surface area contributed by atoms with Gasteiger partial charge in [-0.25, -0.2) is 4.98 Å². The highest BCUT2D eigenvalue weighted by Crippen LogP contribution is 2.35. The number of hydrogen-bond acceptors (Lipinski definition) is 6. The maximum Gasteiger partial charge on any atom is 0.308 e. The van der Waals surface area contributed by atoms with Crippen LogP contribution in [0.2, 0.25) is 5.02 Å². The number of carbonyl (C=O) groups excluding carboxylic acids is 1. The second-order valence-corrected chi connectivity index (χ2v) is 8.54. The molecule has 0 aliphatic heterocycles. The van der Waals surface area contributed by atoms with E-state index in [0.29, 0.717) is 47.7 Å². The Balaban J connectivity index is 1.82. The lowest BCUT2D eigenvalue weighted by atomic mass is 9.85. The van der Waals surface area contributed by atoms with Crippen LogP contribution >= 0.6 is 11.6 Å². The summed E-state index contributed by atoms with van der Waals surface area (Å²) in [6, 6.07) is 5.30. The number of benzene rings is 1. The van der Waals surface area contributed by atoms with Gasteiger partial charge in [-0.2, -0.15) is 4.98 Å². The highest BCUT2D eigenvalue weighted by atomic mass is 35.5. The minimum absolute atomic E-state index is 0.0438. The molecule has 1 aliphatic carbocycles. The van der Waals surface area contributed by atoms with Crippen LogP contribution in [0.15, 0.2) is 29.2 Å². The number of ether oxygens (including phenoxy) is 1. The van der Waals surface area contributed by atoms with Crippen LogP contribution in [-0.2, 0) is 9.53 Å².